The average molecular weight is 315 g/mol. The van der Waals surface area contributed by atoms with Crippen LogP contribution in [-0.2, 0) is 26.2 Å². The van der Waals surface area contributed by atoms with E-state index in [0.29, 0.717) is 11.3 Å². The maximum Gasteiger partial charge on any atom is 0.304 e. The van der Waals surface area contributed by atoms with E-state index in [4.69, 9.17) is 10.8 Å². The minimum atomic E-state index is -3.82. The van der Waals surface area contributed by atoms with Gasteiger partial charge in [0.2, 0.25) is 5.91 Å². The number of rotatable bonds is 8. The summed E-state index contributed by atoms with van der Waals surface area (Å²) in [5, 5.41) is 8.54. The molecule has 9 heteroatoms. The van der Waals surface area contributed by atoms with Crippen LogP contribution < -0.4 is 10.5 Å². The predicted octanol–water partition coefficient (Wildman–Crippen LogP) is -0.222. The molecule has 0 aliphatic rings. The van der Waals surface area contributed by atoms with Crippen LogP contribution in [0.15, 0.2) is 24.3 Å². The quantitative estimate of drug-likeness (QED) is 0.610. The highest BCUT2D eigenvalue weighted by atomic mass is 32.2. The number of primary amides is 1. The van der Waals surface area contributed by atoms with Crippen LogP contribution in [-0.4, -0.2) is 43.3 Å². The monoisotopic (exact) mass is 315 g/mol. The number of carboxylic acid groups (broad SMARTS) is 1. The molecule has 1 aromatic rings. The van der Waals surface area contributed by atoms with Crippen LogP contribution in [0.4, 0.5) is 5.69 Å². The van der Waals surface area contributed by atoms with E-state index in [1.807, 2.05) is 0 Å². The molecule has 4 N–H and O–H groups in total. The molecular formula is C12H17N3O5S. The fourth-order valence-electron chi connectivity index (χ4n) is 1.49. The van der Waals surface area contributed by atoms with Crippen LogP contribution in [0.5, 0.6) is 0 Å². The Bertz CT molecular complexity index is 612. The Labute approximate surface area is 122 Å². The van der Waals surface area contributed by atoms with Crippen molar-refractivity contribution in [1.29, 1.82) is 0 Å². The molecule has 0 spiro atoms. The van der Waals surface area contributed by atoms with Crippen LogP contribution >= 0.6 is 0 Å². The SMILES string of the molecule is CN(CCC(=O)O)S(=O)(=O)Nc1ccc(CC(N)=O)cc1. The number of benzene rings is 1. The van der Waals surface area contributed by atoms with Gasteiger partial charge in [0.1, 0.15) is 0 Å². The molecule has 0 aliphatic heterocycles. The molecule has 0 saturated heterocycles. The molecule has 116 valence electrons. The summed E-state index contributed by atoms with van der Waals surface area (Å²) in [6, 6.07) is 6.17. The van der Waals surface area contributed by atoms with Crippen molar-refractivity contribution in [3.05, 3.63) is 29.8 Å². The first kappa shape index (κ1) is 16.9. The van der Waals surface area contributed by atoms with Gasteiger partial charge >= 0.3 is 16.2 Å². The smallest absolute Gasteiger partial charge is 0.304 e. The average Bonchev–Trinajstić information content (AvgIpc) is 2.37. The number of aliphatic carboxylic acids is 1. The number of nitrogens with one attached hydrogen (secondary N) is 1. The Hall–Kier alpha value is -2.13. The Balaban J connectivity index is 2.70. The summed E-state index contributed by atoms with van der Waals surface area (Å²) in [7, 11) is -2.53. The van der Waals surface area contributed by atoms with Gasteiger partial charge in [-0.25, -0.2) is 0 Å². The van der Waals surface area contributed by atoms with Crippen molar-refractivity contribution in [2.45, 2.75) is 12.8 Å². The van der Waals surface area contributed by atoms with Gasteiger partial charge in [-0.15, -0.1) is 0 Å². The highest BCUT2D eigenvalue weighted by molar-refractivity contribution is 7.90. The standard InChI is InChI=1S/C12H17N3O5S/c1-15(7-6-12(17)18)21(19,20)14-10-4-2-9(3-5-10)8-11(13)16/h2-5,14H,6-8H2,1H3,(H2,13,16)(H,17,18). The maximum atomic E-state index is 11.9. The summed E-state index contributed by atoms with van der Waals surface area (Å²) in [6.45, 7) is -0.134. The highest BCUT2D eigenvalue weighted by Crippen LogP contribution is 2.13. The van der Waals surface area contributed by atoms with Crippen LogP contribution in [0, 0.1) is 0 Å². The van der Waals surface area contributed by atoms with Crippen LogP contribution in [0.1, 0.15) is 12.0 Å². The summed E-state index contributed by atoms with van der Waals surface area (Å²) in [4.78, 5) is 21.2. The fourth-order valence-corrected chi connectivity index (χ4v) is 2.41. The van der Waals surface area contributed by atoms with Crippen molar-refractivity contribution in [2.75, 3.05) is 18.3 Å². The molecular weight excluding hydrogens is 298 g/mol. The van der Waals surface area contributed by atoms with Gasteiger partial charge in [0, 0.05) is 19.3 Å². The van der Waals surface area contributed by atoms with E-state index in [0.717, 1.165) is 4.31 Å². The topological polar surface area (TPSA) is 130 Å². The third kappa shape index (κ3) is 5.79. The second-order valence-corrected chi connectivity index (χ2v) is 6.19. The molecule has 0 saturated carbocycles. The first-order valence-corrected chi connectivity index (χ1v) is 7.48. The van der Waals surface area contributed by atoms with Gasteiger partial charge in [-0.3, -0.25) is 14.3 Å². The lowest BCUT2D eigenvalue weighted by atomic mass is 10.1. The number of hydrogen-bond acceptors (Lipinski definition) is 4. The van der Waals surface area contributed by atoms with Gasteiger partial charge in [-0.1, -0.05) is 12.1 Å². The van der Waals surface area contributed by atoms with E-state index in [1.165, 1.54) is 19.2 Å². The number of amides is 1. The lowest BCUT2D eigenvalue weighted by Crippen LogP contribution is -2.34. The molecule has 0 heterocycles. The zero-order chi connectivity index (χ0) is 16.0. The van der Waals surface area contributed by atoms with Crippen LogP contribution in [0.2, 0.25) is 0 Å². The second kappa shape index (κ2) is 7.04. The van der Waals surface area contributed by atoms with Crippen molar-refractivity contribution in [1.82, 2.24) is 4.31 Å². The zero-order valence-corrected chi connectivity index (χ0v) is 12.3. The van der Waals surface area contributed by atoms with Gasteiger partial charge in [0.15, 0.2) is 0 Å². The summed E-state index contributed by atoms with van der Waals surface area (Å²) >= 11 is 0. The number of carbonyl (C=O) groups excluding carboxylic acids is 1. The molecule has 0 aliphatic carbocycles. The third-order valence-electron chi connectivity index (χ3n) is 2.63. The van der Waals surface area contributed by atoms with Crippen molar-refractivity contribution < 1.29 is 23.1 Å². The molecule has 1 rings (SSSR count). The summed E-state index contributed by atoms with van der Waals surface area (Å²) in [5.74, 6) is -1.55. The molecule has 21 heavy (non-hydrogen) atoms. The van der Waals surface area contributed by atoms with Crippen LogP contribution in [0.3, 0.4) is 0 Å². The Kier molecular flexibility index (Phi) is 5.68. The Morgan fingerprint density at radius 2 is 1.86 bits per heavy atom. The molecule has 0 unspecified atom stereocenters. The molecule has 1 amide bonds. The minimum absolute atomic E-state index is 0.0749. The van der Waals surface area contributed by atoms with E-state index in [2.05, 4.69) is 4.72 Å². The molecule has 0 fully saturated rings. The first-order valence-electron chi connectivity index (χ1n) is 6.04. The number of nitrogens with zero attached hydrogens (tertiary/aromatic N) is 1. The lowest BCUT2D eigenvalue weighted by molar-refractivity contribution is -0.137. The van der Waals surface area contributed by atoms with E-state index < -0.39 is 22.1 Å². The number of carbonyl (C=O) groups is 2. The molecule has 8 nitrogen and oxygen atoms in total. The van der Waals surface area contributed by atoms with Gasteiger partial charge in [0.25, 0.3) is 0 Å². The van der Waals surface area contributed by atoms with E-state index in [9.17, 15) is 18.0 Å². The van der Waals surface area contributed by atoms with Gasteiger partial charge in [0.05, 0.1) is 12.8 Å². The van der Waals surface area contributed by atoms with Gasteiger partial charge in [-0.05, 0) is 17.7 Å². The molecule has 0 radical (unpaired) electrons. The first-order chi connectivity index (χ1) is 9.70. The van der Waals surface area contributed by atoms with Gasteiger partial charge < -0.3 is 10.8 Å². The fraction of sp³-hybridized carbons (Fsp3) is 0.333. The Morgan fingerprint density at radius 3 is 2.33 bits per heavy atom. The highest BCUT2D eigenvalue weighted by Gasteiger charge is 2.18. The third-order valence-corrected chi connectivity index (χ3v) is 4.13. The van der Waals surface area contributed by atoms with E-state index in [1.54, 1.807) is 12.1 Å². The van der Waals surface area contributed by atoms with E-state index in [-0.39, 0.29) is 19.4 Å². The van der Waals surface area contributed by atoms with Gasteiger partial charge in [-0.2, -0.15) is 12.7 Å². The molecule has 0 atom stereocenters. The molecule has 0 bridgehead atoms. The van der Waals surface area contributed by atoms with Crippen molar-refractivity contribution in [3.63, 3.8) is 0 Å². The van der Waals surface area contributed by atoms with Crippen LogP contribution in [0.25, 0.3) is 0 Å². The summed E-state index contributed by atoms with van der Waals surface area (Å²) in [5.41, 5.74) is 6.04. The number of anilines is 1. The largest absolute Gasteiger partial charge is 0.481 e. The molecule has 0 aromatic heterocycles. The number of carboxylic acids is 1. The maximum absolute atomic E-state index is 11.9. The molecule has 1 aromatic carbocycles. The van der Waals surface area contributed by atoms with Crippen molar-refractivity contribution >= 4 is 27.8 Å². The Morgan fingerprint density at radius 1 is 1.29 bits per heavy atom. The summed E-state index contributed by atoms with van der Waals surface area (Å²) in [6.07, 6.45) is -0.208. The zero-order valence-electron chi connectivity index (χ0n) is 11.4. The number of hydrogen-bond donors (Lipinski definition) is 3. The normalized spacial score (nSPS) is 11.3. The number of nitrogens with two attached hydrogens (primary N) is 1. The second-order valence-electron chi connectivity index (χ2n) is 4.41. The van der Waals surface area contributed by atoms with Crippen molar-refractivity contribution in [3.8, 4) is 0 Å². The summed E-state index contributed by atoms with van der Waals surface area (Å²) < 4.78 is 27.1. The predicted molar refractivity (Wildman–Crippen MR) is 76.8 cm³/mol. The minimum Gasteiger partial charge on any atom is -0.481 e. The van der Waals surface area contributed by atoms with E-state index >= 15 is 0 Å². The van der Waals surface area contributed by atoms with Crippen molar-refractivity contribution in [2.24, 2.45) is 5.73 Å². The lowest BCUT2D eigenvalue weighted by Gasteiger charge is -2.17.